The second-order valence-electron chi connectivity index (χ2n) is 8.60. The summed E-state index contributed by atoms with van der Waals surface area (Å²) in [6.45, 7) is 0. The molecule has 3 aliphatic carbocycles. The highest BCUT2D eigenvalue weighted by Gasteiger charge is 2.60. The number of rotatable bonds is 4. The fourth-order valence-corrected chi connectivity index (χ4v) is 5.36. The summed E-state index contributed by atoms with van der Waals surface area (Å²) < 4.78 is 3.64. The molecule has 0 heterocycles. The molecule has 12 heteroatoms. The first-order valence-corrected chi connectivity index (χ1v) is 10.4. The summed E-state index contributed by atoms with van der Waals surface area (Å²) in [6, 6.07) is 1.56. The molecule has 0 aliphatic heterocycles. The minimum absolute atomic E-state index is 0.0231. The molecule has 1 amide bonds. The second-order valence-corrected chi connectivity index (χ2v) is 8.78. The number of nitrogens with two attached hydrogens (primary N) is 1. The van der Waals surface area contributed by atoms with Crippen LogP contribution in [-0.2, 0) is 33.2 Å². The lowest BCUT2D eigenvalue weighted by Crippen LogP contribution is -2.58. The van der Waals surface area contributed by atoms with Gasteiger partial charge in [-0.2, -0.15) is 4.36 Å². The van der Waals surface area contributed by atoms with Gasteiger partial charge in [-0.15, -0.1) is 4.91 Å². The molecule has 1 aromatic rings. The van der Waals surface area contributed by atoms with Crippen molar-refractivity contribution in [2.45, 2.75) is 24.9 Å². The Hall–Kier alpha value is -3.51. The van der Waals surface area contributed by atoms with Crippen LogP contribution in [0.1, 0.15) is 24.0 Å². The first kappa shape index (κ1) is 22.7. The molecular weight excluding hydrogens is 452 g/mol. The fourth-order valence-electron chi connectivity index (χ4n) is 5.22. The van der Waals surface area contributed by atoms with E-state index in [1.165, 1.54) is 0 Å². The van der Waals surface area contributed by atoms with Crippen molar-refractivity contribution in [3.8, 4) is 0 Å². The maximum atomic E-state index is 13.5. The summed E-state index contributed by atoms with van der Waals surface area (Å²) >= 11 is 4.75. The maximum Gasteiger partial charge on any atom is 0.255 e. The number of ketones is 2. The smallest absolute Gasteiger partial charge is 0.255 e. The van der Waals surface area contributed by atoms with E-state index in [9.17, 15) is 34.6 Å². The Kier molecular flexibility index (Phi) is 5.17. The normalized spacial score (nSPS) is 26.4. The van der Waals surface area contributed by atoms with Crippen molar-refractivity contribution in [2.75, 3.05) is 19.0 Å². The van der Waals surface area contributed by atoms with Crippen LogP contribution in [0.15, 0.2) is 32.5 Å². The van der Waals surface area contributed by atoms with Gasteiger partial charge in [0, 0.05) is 50.1 Å². The van der Waals surface area contributed by atoms with Gasteiger partial charge in [-0.25, -0.2) is 0 Å². The minimum atomic E-state index is -2.62. The maximum absolute atomic E-state index is 13.5. The highest BCUT2D eigenvalue weighted by Crippen LogP contribution is 2.54. The number of hydrogen-bond acceptors (Lipinski definition) is 11. The van der Waals surface area contributed by atoms with Crippen LogP contribution in [0.25, 0.3) is 5.76 Å². The van der Waals surface area contributed by atoms with Gasteiger partial charge in [0.05, 0.1) is 5.56 Å². The largest absolute Gasteiger partial charge is 0.508 e. The lowest BCUT2D eigenvalue weighted by atomic mass is 9.59. The number of aliphatic hydroxyl groups is 3. The lowest BCUT2D eigenvalue weighted by Gasteiger charge is -2.46. The van der Waals surface area contributed by atoms with E-state index in [-0.39, 0.29) is 41.8 Å². The van der Waals surface area contributed by atoms with Gasteiger partial charge in [-0.05, 0) is 35.6 Å². The van der Waals surface area contributed by atoms with Crippen molar-refractivity contribution >= 4 is 52.7 Å². The average Bonchev–Trinajstić information content (AvgIpc) is 2.74. The molecule has 172 valence electrons. The van der Waals surface area contributed by atoms with E-state index in [0.717, 1.165) is 0 Å². The molecule has 3 aliphatic rings. The van der Waals surface area contributed by atoms with Gasteiger partial charge in [-0.3, -0.25) is 14.4 Å². The van der Waals surface area contributed by atoms with E-state index in [0.29, 0.717) is 11.3 Å². The van der Waals surface area contributed by atoms with E-state index in [4.69, 9.17) is 18.2 Å². The van der Waals surface area contributed by atoms with Gasteiger partial charge in [0.15, 0.2) is 11.4 Å². The van der Waals surface area contributed by atoms with Gasteiger partial charge < -0.3 is 26.0 Å². The molecule has 1 fully saturated rings. The molecule has 4 rings (SSSR count). The van der Waals surface area contributed by atoms with E-state index in [2.05, 4.69) is 9.54 Å². The Labute approximate surface area is 192 Å². The van der Waals surface area contributed by atoms with Crippen molar-refractivity contribution < 1.29 is 29.7 Å². The lowest BCUT2D eigenvalue weighted by molar-refractivity contribution is -0.147. The van der Waals surface area contributed by atoms with Gasteiger partial charge in [-0.1, -0.05) is 0 Å². The summed E-state index contributed by atoms with van der Waals surface area (Å²) in [5.74, 6) is -6.49. The number of aliphatic hydroxyl groups excluding tert-OH is 2. The Balaban J connectivity index is 2.01. The van der Waals surface area contributed by atoms with Crippen LogP contribution in [0.4, 0.5) is 17.1 Å². The van der Waals surface area contributed by atoms with Crippen LogP contribution in [-0.4, -0.2) is 52.5 Å². The molecule has 0 aromatic heterocycles. The van der Waals surface area contributed by atoms with Crippen molar-refractivity contribution in [3.05, 3.63) is 39.0 Å². The molecule has 1 unspecified atom stereocenters. The summed E-state index contributed by atoms with van der Waals surface area (Å²) in [5.41, 5.74) is 2.34. The zero-order valence-corrected chi connectivity index (χ0v) is 18.5. The SMILES string of the molecule is CN(C)c1cc(N=S)c(N=O)c2c1C[C@H]1CC3CC(=O)C(C(N)=O)=C(O)[C@@]3(O)C(=O)C1=C2O. The Morgan fingerprint density at radius 1 is 1.27 bits per heavy atom. The zero-order chi connectivity index (χ0) is 24.4. The zero-order valence-electron chi connectivity index (χ0n) is 17.7. The molecule has 5 N–H and O–H groups in total. The molecule has 0 radical (unpaired) electrons. The van der Waals surface area contributed by atoms with Crippen LogP contribution >= 0.6 is 0 Å². The minimum Gasteiger partial charge on any atom is -0.508 e. The van der Waals surface area contributed by atoms with Crippen molar-refractivity contribution in [1.82, 2.24) is 0 Å². The van der Waals surface area contributed by atoms with E-state index < -0.39 is 52.0 Å². The van der Waals surface area contributed by atoms with Crippen LogP contribution < -0.4 is 10.6 Å². The predicted molar refractivity (Wildman–Crippen MR) is 119 cm³/mol. The highest BCUT2D eigenvalue weighted by molar-refractivity contribution is 7.47. The predicted octanol–water partition coefficient (Wildman–Crippen LogP) is 1.54. The number of benzene rings is 1. The number of carbonyl (C=O) groups is 3. The number of anilines is 1. The van der Waals surface area contributed by atoms with Gasteiger partial charge in [0.2, 0.25) is 5.78 Å². The van der Waals surface area contributed by atoms with E-state index in [1.54, 1.807) is 25.1 Å². The van der Waals surface area contributed by atoms with Crippen LogP contribution in [0, 0.1) is 16.7 Å². The quantitative estimate of drug-likeness (QED) is 0.373. The second kappa shape index (κ2) is 7.52. The first-order valence-electron chi connectivity index (χ1n) is 10.00. The number of primary amides is 1. The number of nitroso groups, excluding NO2 is 1. The standard InChI is InChI=1S/C21H20N4O7S/c1-25(2)11-6-10(24-33)16(23-32)14-9(11)4-7-3-8-5-12(26)15(20(22)30)19(29)21(8,31)18(28)13(7)17(14)27/h6-8,27,29,31H,3-5H2,1-2H3,(H2,22,30)/t7-,8?,21+/m1/s1. The van der Waals surface area contributed by atoms with Gasteiger partial charge in [0.25, 0.3) is 5.91 Å². The Morgan fingerprint density at radius 3 is 2.48 bits per heavy atom. The number of amides is 1. The third-order valence-corrected chi connectivity index (χ3v) is 6.89. The topological polar surface area (TPSA) is 183 Å². The average molecular weight is 472 g/mol. The van der Waals surface area contributed by atoms with Gasteiger partial charge >= 0.3 is 0 Å². The summed E-state index contributed by atoms with van der Waals surface area (Å²) in [4.78, 5) is 51.0. The third kappa shape index (κ3) is 2.94. The molecule has 33 heavy (non-hydrogen) atoms. The number of nitrogens with zero attached hydrogens (tertiary/aromatic N) is 3. The fraction of sp³-hybridized carbons (Fsp3) is 0.381. The van der Waals surface area contributed by atoms with E-state index in [1.807, 2.05) is 0 Å². The summed E-state index contributed by atoms with van der Waals surface area (Å²) in [5, 5.41) is 36.0. The summed E-state index contributed by atoms with van der Waals surface area (Å²) in [6.07, 6.45) is -0.146. The van der Waals surface area contributed by atoms with Gasteiger partial charge in [0.1, 0.15) is 28.5 Å². The number of Topliss-reactive ketones (excluding diaryl/α,β-unsaturated/α-hetero) is 2. The molecular formula is C21H20N4O7S. The molecule has 1 saturated carbocycles. The highest BCUT2D eigenvalue weighted by atomic mass is 32.1. The Morgan fingerprint density at radius 2 is 1.94 bits per heavy atom. The van der Waals surface area contributed by atoms with Crippen LogP contribution in [0.3, 0.4) is 0 Å². The molecule has 0 saturated heterocycles. The molecule has 0 bridgehead atoms. The molecule has 1 aromatic carbocycles. The van der Waals surface area contributed by atoms with Crippen LogP contribution in [0.2, 0.25) is 0 Å². The monoisotopic (exact) mass is 472 g/mol. The molecule has 3 atom stereocenters. The van der Waals surface area contributed by atoms with Crippen LogP contribution in [0.5, 0.6) is 0 Å². The third-order valence-electron chi connectivity index (χ3n) is 6.69. The van der Waals surface area contributed by atoms with Crippen molar-refractivity contribution in [2.24, 2.45) is 27.1 Å². The number of fused-ring (bicyclic) bond motifs is 3. The number of carbonyl (C=O) groups excluding carboxylic acids is 3. The first-order chi connectivity index (χ1) is 15.5. The van der Waals surface area contributed by atoms with Crippen molar-refractivity contribution in [1.29, 1.82) is 0 Å². The van der Waals surface area contributed by atoms with Crippen molar-refractivity contribution in [3.63, 3.8) is 0 Å². The molecule has 0 spiro atoms. The number of hydrogen-bond donors (Lipinski definition) is 4. The summed E-state index contributed by atoms with van der Waals surface area (Å²) in [7, 11) is 3.48. The van der Waals surface area contributed by atoms with E-state index >= 15 is 0 Å². The molecule has 11 nitrogen and oxygen atoms in total. The Bertz CT molecular complexity index is 1240.